The molecule has 1 aromatic heterocycles. The van der Waals surface area contributed by atoms with Gasteiger partial charge in [-0.2, -0.15) is 0 Å². The average molecular weight is 323 g/mol. The Morgan fingerprint density at radius 2 is 1.36 bits per heavy atom. The number of rotatable bonds is 1. The maximum absolute atomic E-state index is 13.7. The van der Waals surface area contributed by atoms with Crippen molar-refractivity contribution < 1.29 is 4.39 Å². The van der Waals surface area contributed by atoms with Gasteiger partial charge in [0.15, 0.2) is 0 Å². The number of halogens is 1. The summed E-state index contributed by atoms with van der Waals surface area (Å²) in [6.45, 7) is 0. The lowest BCUT2D eigenvalue weighted by Gasteiger charge is -2.10. The van der Waals surface area contributed by atoms with Gasteiger partial charge in [-0.15, -0.1) is 0 Å². The Hall–Kier alpha value is -3.26. The second kappa shape index (κ2) is 5.38. The predicted octanol–water partition coefficient (Wildman–Crippen LogP) is 6.35. The first kappa shape index (κ1) is 14.1. The second-order valence-electron chi connectivity index (χ2n) is 6.21. The second-order valence-corrected chi connectivity index (χ2v) is 6.21. The lowest BCUT2D eigenvalue weighted by atomic mass is 9.95. The number of hydrogen-bond acceptors (Lipinski definition) is 1. The molecule has 0 amide bonds. The van der Waals surface area contributed by atoms with Crippen LogP contribution in [0.3, 0.4) is 0 Å². The van der Waals surface area contributed by atoms with Gasteiger partial charge < -0.3 is 0 Å². The van der Waals surface area contributed by atoms with Crippen LogP contribution in [0.15, 0.2) is 85.1 Å². The molecule has 0 unspecified atom stereocenters. The van der Waals surface area contributed by atoms with Crippen LogP contribution in [0.4, 0.5) is 4.39 Å². The minimum absolute atomic E-state index is 0.247. The first-order chi connectivity index (χ1) is 12.3. The van der Waals surface area contributed by atoms with Gasteiger partial charge in [0.1, 0.15) is 5.82 Å². The van der Waals surface area contributed by atoms with E-state index in [0.717, 1.165) is 22.0 Å². The Kier molecular flexibility index (Phi) is 3.04. The van der Waals surface area contributed by atoms with E-state index in [0.29, 0.717) is 0 Å². The first-order valence-corrected chi connectivity index (χ1v) is 8.26. The van der Waals surface area contributed by atoms with Crippen molar-refractivity contribution in [1.82, 2.24) is 4.98 Å². The van der Waals surface area contributed by atoms with Crippen molar-refractivity contribution >= 4 is 32.3 Å². The summed E-state index contributed by atoms with van der Waals surface area (Å²) in [5.74, 6) is -0.247. The molecule has 0 N–H and O–H groups in total. The Morgan fingerprint density at radius 1 is 0.600 bits per heavy atom. The fourth-order valence-electron chi connectivity index (χ4n) is 3.62. The van der Waals surface area contributed by atoms with E-state index in [2.05, 4.69) is 53.5 Å². The lowest BCUT2D eigenvalue weighted by Crippen LogP contribution is -1.88. The molecule has 0 saturated carbocycles. The maximum atomic E-state index is 13.7. The summed E-state index contributed by atoms with van der Waals surface area (Å²) in [7, 11) is 0. The molecule has 5 rings (SSSR count). The summed E-state index contributed by atoms with van der Waals surface area (Å²) in [5.41, 5.74) is 1.61. The summed E-state index contributed by atoms with van der Waals surface area (Å²) in [4.78, 5) is 4.52. The molecular weight excluding hydrogens is 309 g/mol. The molecule has 0 radical (unpaired) electrons. The molecule has 4 aromatic carbocycles. The van der Waals surface area contributed by atoms with Crippen LogP contribution in [0, 0.1) is 5.82 Å². The van der Waals surface area contributed by atoms with E-state index in [1.54, 1.807) is 12.3 Å². The highest BCUT2D eigenvalue weighted by atomic mass is 19.1. The van der Waals surface area contributed by atoms with Crippen molar-refractivity contribution in [3.8, 4) is 11.3 Å². The SMILES string of the molecule is Fc1cccc(-c2nccc3c2ccc2c4ccccc4ccc32)c1. The van der Waals surface area contributed by atoms with E-state index < -0.39 is 0 Å². The summed E-state index contributed by atoms with van der Waals surface area (Å²) < 4.78 is 13.7. The van der Waals surface area contributed by atoms with E-state index in [1.165, 1.54) is 33.7 Å². The van der Waals surface area contributed by atoms with Crippen molar-refractivity contribution in [2.75, 3.05) is 0 Å². The average Bonchev–Trinajstić information content (AvgIpc) is 2.67. The molecule has 0 aliphatic heterocycles. The Morgan fingerprint density at radius 3 is 2.28 bits per heavy atom. The van der Waals surface area contributed by atoms with Crippen molar-refractivity contribution in [1.29, 1.82) is 0 Å². The molecule has 25 heavy (non-hydrogen) atoms. The normalized spacial score (nSPS) is 11.4. The van der Waals surface area contributed by atoms with E-state index in [1.807, 2.05) is 12.1 Å². The van der Waals surface area contributed by atoms with E-state index in [9.17, 15) is 4.39 Å². The molecule has 0 fully saturated rings. The summed E-state index contributed by atoms with van der Waals surface area (Å²) in [6.07, 6.45) is 1.80. The van der Waals surface area contributed by atoms with Gasteiger partial charge in [-0.25, -0.2) is 4.39 Å². The van der Waals surface area contributed by atoms with E-state index in [-0.39, 0.29) is 5.82 Å². The number of benzene rings is 4. The number of hydrogen-bond donors (Lipinski definition) is 0. The van der Waals surface area contributed by atoms with Gasteiger partial charge in [0.05, 0.1) is 5.69 Å². The van der Waals surface area contributed by atoms with Crippen molar-refractivity contribution in [3.05, 3.63) is 90.9 Å². The Bertz CT molecular complexity index is 1260. The topological polar surface area (TPSA) is 12.9 Å². The van der Waals surface area contributed by atoms with E-state index in [4.69, 9.17) is 0 Å². The van der Waals surface area contributed by atoms with Crippen molar-refractivity contribution in [3.63, 3.8) is 0 Å². The zero-order chi connectivity index (χ0) is 16.8. The fraction of sp³-hybridized carbons (Fsp3) is 0. The van der Waals surface area contributed by atoms with Crippen LogP contribution in [-0.2, 0) is 0 Å². The van der Waals surface area contributed by atoms with Crippen molar-refractivity contribution in [2.45, 2.75) is 0 Å². The van der Waals surface area contributed by atoms with Gasteiger partial charge in [-0.1, -0.05) is 60.7 Å². The number of nitrogens with zero attached hydrogens (tertiary/aromatic N) is 1. The van der Waals surface area contributed by atoms with Crippen LogP contribution < -0.4 is 0 Å². The highest BCUT2D eigenvalue weighted by molar-refractivity contribution is 6.18. The summed E-state index contributed by atoms with van der Waals surface area (Å²) in [5, 5.41) is 7.06. The molecule has 0 spiro atoms. The number of aromatic nitrogens is 1. The smallest absolute Gasteiger partial charge is 0.123 e. The lowest BCUT2D eigenvalue weighted by molar-refractivity contribution is 0.628. The third-order valence-corrected chi connectivity index (χ3v) is 4.77. The zero-order valence-electron chi connectivity index (χ0n) is 13.4. The number of pyridine rings is 1. The zero-order valence-corrected chi connectivity index (χ0v) is 13.4. The molecule has 0 bridgehead atoms. The van der Waals surface area contributed by atoms with Crippen LogP contribution >= 0.6 is 0 Å². The van der Waals surface area contributed by atoms with Gasteiger partial charge in [0.25, 0.3) is 0 Å². The van der Waals surface area contributed by atoms with Gasteiger partial charge in [0.2, 0.25) is 0 Å². The molecule has 0 saturated heterocycles. The van der Waals surface area contributed by atoms with Crippen LogP contribution in [-0.4, -0.2) is 4.98 Å². The molecule has 0 aliphatic rings. The van der Waals surface area contributed by atoms with Crippen LogP contribution in [0.2, 0.25) is 0 Å². The monoisotopic (exact) mass is 323 g/mol. The third-order valence-electron chi connectivity index (χ3n) is 4.77. The fourth-order valence-corrected chi connectivity index (χ4v) is 3.62. The van der Waals surface area contributed by atoms with Gasteiger partial charge in [0, 0.05) is 17.1 Å². The predicted molar refractivity (Wildman–Crippen MR) is 102 cm³/mol. The third kappa shape index (κ3) is 2.18. The Balaban J connectivity index is 1.89. The van der Waals surface area contributed by atoms with Crippen LogP contribution in [0.1, 0.15) is 0 Å². The molecule has 0 atom stereocenters. The first-order valence-electron chi connectivity index (χ1n) is 8.26. The molecule has 5 aromatic rings. The van der Waals surface area contributed by atoms with Gasteiger partial charge in [-0.05, 0) is 45.1 Å². The summed E-state index contributed by atoms with van der Waals surface area (Å²) >= 11 is 0. The molecule has 1 heterocycles. The molecule has 2 heteroatoms. The molecule has 0 aliphatic carbocycles. The molecular formula is C23H14FN. The molecule has 1 nitrogen and oxygen atoms in total. The highest BCUT2D eigenvalue weighted by Gasteiger charge is 2.10. The largest absolute Gasteiger partial charge is 0.256 e. The molecule has 118 valence electrons. The van der Waals surface area contributed by atoms with Gasteiger partial charge >= 0.3 is 0 Å². The minimum Gasteiger partial charge on any atom is -0.256 e. The summed E-state index contributed by atoms with van der Waals surface area (Å²) in [6, 6.07) is 25.6. The van der Waals surface area contributed by atoms with E-state index >= 15 is 0 Å². The minimum atomic E-state index is -0.247. The van der Waals surface area contributed by atoms with Crippen LogP contribution in [0.25, 0.3) is 43.6 Å². The maximum Gasteiger partial charge on any atom is 0.123 e. The Labute approximate surface area is 144 Å². The standard InChI is InChI=1S/C23H14FN/c24-17-6-3-5-16(14-17)23-22-11-10-19-18-7-2-1-4-15(18)8-9-20(19)21(22)12-13-25-23/h1-14H. The quantitative estimate of drug-likeness (QED) is 0.328. The van der Waals surface area contributed by atoms with Crippen LogP contribution in [0.5, 0.6) is 0 Å². The van der Waals surface area contributed by atoms with Gasteiger partial charge in [-0.3, -0.25) is 4.98 Å². The van der Waals surface area contributed by atoms with Crippen molar-refractivity contribution in [2.24, 2.45) is 0 Å². The number of fused-ring (bicyclic) bond motifs is 5. The highest BCUT2D eigenvalue weighted by Crippen LogP contribution is 2.34.